The van der Waals surface area contributed by atoms with Crippen LogP contribution in [-0.2, 0) is 9.53 Å². The maximum absolute atomic E-state index is 13.3. The summed E-state index contributed by atoms with van der Waals surface area (Å²) in [5, 5.41) is 40.7. The molecule has 0 aromatic heterocycles. The molecule has 7 heteroatoms. The van der Waals surface area contributed by atoms with Gasteiger partial charge in [-0.05, 0) is 38.5 Å². The molecule has 5 atom stereocenters. The van der Waals surface area contributed by atoms with Crippen LogP contribution in [0.15, 0.2) is 12.2 Å². The van der Waals surface area contributed by atoms with Gasteiger partial charge in [0, 0.05) is 13.0 Å². The number of hydrogen-bond acceptors (Lipinski definition) is 6. The van der Waals surface area contributed by atoms with E-state index in [9.17, 15) is 25.2 Å². The fraction of sp³-hybridized carbons (Fsp3) is 0.912. The van der Waals surface area contributed by atoms with Gasteiger partial charge in [-0.3, -0.25) is 4.79 Å². The molecule has 1 saturated heterocycles. The Morgan fingerprint density at radius 3 is 1.61 bits per heavy atom. The monoisotopic (exact) mass is 583 g/mol. The van der Waals surface area contributed by atoms with Gasteiger partial charge in [0.15, 0.2) is 6.23 Å². The number of rotatable bonds is 26. The molecule has 0 bridgehead atoms. The Morgan fingerprint density at radius 1 is 0.634 bits per heavy atom. The van der Waals surface area contributed by atoms with E-state index in [0.717, 1.165) is 51.4 Å². The number of allylic oxidation sites excluding steroid dienone is 2. The van der Waals surface area contributed by atoms with Gasteiger partial charge in [0.25, 0.3) is 0 Å². The first-order chi connectivity index (χ1) is 20.0. The SMILES string of the molecule is CCCCCCCC/C=C\CCCCCCCC(=O)N(CCCCCCCCCC)[C@@H]1O[C@H](CO)[C@@H](O)[C@H](O)[C@H]1O. The van der Waals surface area contributed by atoms with Crippen molar-refractivity contribution in [2.24, 2.45) is 0 Å². The first-order valence-corrected chi connectivity index (χ1v) is 17.2. The quantitative estimate of drug-likeness (QED) is 0.0659. The number of carbonyl (C=O) groups is 1. The van der Waals surface area contributed by atoms with E-state index in [0.29, 0.717) is 13.0 Å². The number of hydrogen-bond donors (Lipinski definition) is 4. The Bertz CT molecular complexity index is 643. The second-order valence-corrected chi connectivity index (χ2v) is 12.1. The molecule has 0 aliphatic carbocycles. The van der Waals surface area contributed by atoms with Crippen LogP contribution in [0.3, 0.4) is 0 Å². The maximum Gasteiger partial charge on any atom is 0.224 e. The fourth-order valence-corrected chi connectivity index (χ4v) is 5.64. The van der Waals surface area contributed by atoms with Gasteiger partial charge in [0.05, 0.1) is 6.61 Å². The van der Waals surface area contributed by atoms with Gasteiger partial charge in [-0.1, -0.05) is 122 Å². The summed E-state index contributed by atoms with van der Waals surface area (Å²) < 4.78 is 5.75. The number of aliphatic hydroxyl groups is 4. The summed E-state index contributed by atoms with van der Waals surface area (Å²) in [6.07, 6.45) is 23.2. The second kappa shape index (κ2) is 25.5. The predicted octanol–water partition coefficient (Wildman–Crippen LogP) is 6.79. The fourth-order valence-electron chi connectivity index (χ4n) is 5.64. The molecule has 41 heavy (non-hydrogen) atoms. The molecule has 0 aromatic rings. The molecule has 242 valence electrons. The first kappa shape index (κ1) is 38.0. The molecule has 1 heterocycles. The van der Waals surface area contributed by atoms with Crippen LogP contribution in [0.25, 0.3) is 0 Å². The van der Waals surface area contributed by atoms with Crippen molar-refractivity contribution < 1.29 is 30.0 Å². The Balaban J connectivity index is 2.38. The highest BCUT2D eigenvalue weighted by Gasteiger charge is 2.46. The van der Waals surface area contributed by atoms with E-state index in [1.165, 1.54) is 88.4 Å². The molecule has 7 nitrogen and oxygen atoms in total. The number of nitrogens with zero attached hydrogens (tertiary/aromatic N) is 1. The molecule has 0 saturated carbocycles. The number of aliphatic hydroxyl groups excluding tert-OH is 4. The van der Waals surface area contributed by atoms with Crippen molar-refractivity contribution in [1.82, 2.24) is 4.90 Å². The Kier molecular flexibility index (Phi) is 23.7. The standard InChI is InChI=1S/C34H65NO6/c1-3-5-7-9-11-13-14-15-16-17-18-19-20-22-24-26-30(37)35(27-25-23-21-12-10-8-6-4-2)34-33(40)32(39)31(38)29(28-36)41-34/h15-16,29,31-34,36,38-40H,3-14,17-28H2,1-2H3/b16-15-/t29-,31-,32+,33-,34-/m1/s1. The molecule has 4 N–H and O–H groups in total. The van der Waals surface area contributed by atoms with Crippen LogP contribution in [0.2, 0.25) is 0 Å². The summed E-state index contributed by atoms with van der Waals surface area (Å²) in [5.41, 5.74) is 0. The Morgan fingerprint density at radius 2 is 1.10 bits per heavy atom. The van der Waals surface area contributed by atoms with Gasteiger partial charge in [0.1, 0.15) is 24.4 Å². The topological polar surface area (TPSA) is 110 Å². The molecule has 0 spiro atoms. The largest absolute Gasteiger partial charge is 0.394 e. The average Bonchev–Trinajstić information content (AvgIpc) is 2.97. The van der Waals surface area contributed by atoms with Crippen LogP contribution >= 0.6 is 0 Å². The smallest absolute Gasteiger partial charge is 0.224 e. The minimum Gasteiger partial charge on any atom is -0.394 e. The molecule has 0 radical (unpaired) electrons. The van der Waals surface area contributed by atoms with Crippen LogP contribution in [0.5, 0.6) is 0 Å². The summed E-state index contributed by atoms with van der Waals surface area (Å²) in [6, 6.07) is 0. The van der Waals surface area contributed by atoms with Gasteiger partial charge in [-0.2, -0.15) is 0 Å². The lowest BCUT2D eigenvalue weighted by Crippen LogP contribution is -2.64. The Hall–Kier alpha value is -0.990. The van der Waals surface area contributed by atoms with Crippen molar-refractivity contribution in [3.05, 3.63) is 12.2 Å². The van der Waals surface area contributed by atoms with Gasteiger partial charge >= 0.3 is 0 Å². The third-order valence-corrected chi connectivity index (χ3v) is 8.40. The van der Waals surface area contributed by atoms with Crippen molar-refractivity contribution in [3.63, 3.8) is 0 Å². The van der Waals surface area contributed by atoms with Gasteiger partial charge < -0.3 is 30.1 Å². The molecule has 1 aliphatic heterocycles. The summed E-state index contributed by atoms with van der Waals surface area (Å²) in [6.45, 7) is 4.40. The van der Waals surface area contributed by atoms with Crippen molar-refractivity contribution in [2.45, 2.75) is 186 Å². The number of carbonyl (C=O) groups excluding carboxylic acids is 1. The zero-order chi connectivity index (χ0) is 30.1. The minimum atomic E-state index is -1.47. The molecule has 1 fully saturated rings. The van der Waals surface area contributed by atoms with Crippen molar-refractivity contribution in [1.29, 1.82) is 0 Å². The second-order valence-electron chi connectivity index (χ2n) is 12.1. The van der Waals surface area contributed by atoms with Crippen LogP contribution in [-0.4, -0.2) is 75.0 Å². The highest BCUT2D eigenvalue weighted by atomic mass is 16.6. The summed E-state index contributed by atoms with van der Waals surface area (Å²) in [4.78, 5) is 14.8. The molecule has 0 aromatic carbocycles. The van der Waals surface area contributed by atoms with E-state index in [1.54, 1.807) is 0 Å². The maximum atomic E-state index is 13.3. The van der Waals surface area contributed by atoms with Crippen LogP contribution in [0.1, 0.15) is 155 Å². The third kappa shape index (κ3) is 17.0. The molecular formula is C34H65NO6. The third-order valence-electron chi connectivity index (χ3n) is 8.40. The average molecular weight is 584 g/mol. The predicted molar refractivity (Wildman–Crippen MR) is 168 cm³/mol. The van der Waals surface area contributed by atoms with Gasteiger partial charge in [0.2, 0.25) is 5.91 Å². The van der Waals surface area contributed by atoms with E-state index in [1.807, 2.05) is 0 Å². The van der Waals surface area contributed by atoms with Crippen LogP contribution < -0.4 is 0 Å². The van der Waals surface area contributed by atoms with Crippen LogP contribution in [0.4, 0.5) is 0 Å². The summed E-state index contributed by atoms with van der Waals surface area (Å²) in [7, 11) is 0. The van der Waals surface area contributed by atoms with E-state index in [4.69, 9.17) is 4.74 Å². The molecule has 1 aliphatic rings. The number of ether oxygens (including phenoxy) is 1. The van der Waals surface area contributed by atoms with E-state index in [-0.39, 0.29) is 5.91 Å². The normalized spacial score (nSPS) is 22.9. The lowest BCUT2D eigenvalue weighted by Gasteiger charge is -2.44. The zero-order valence-corrected chi connectivity index (χ0v) is 26.6. The van der Waals surface area contributed by atoms with Crippen molar-refractivity contribution in [2.75, 3.05) is 13.2 Å². The van der Waals surface area contributed by atoms with Crippen LogP contribution in [0, 0.1) is 0 Å². The molecular weight excluding hydrogens is 518 g/mol. The summed E-state index contributed by atoms with van der Waals surface area (Å²) >= 11 is 0. The highest BCUT2D eigenvalue weighted by Crippen LogP contribution is 2.25. The van der Waals surface area contributed by atoms with E-state index < -0.39 is 37.3 Å². The lowest BCUT2D eigenvalue weighted by atomic mass is 9.97. The minimum absolute atomic E-state index is 0.102. The van der Waals surface area contributed by atoms with Crippen molar-refractivity contribution in [3.8, 4) is 0 Å². The van der Waals surface area contributed by atoms with E-state index >= 15 is 0 Å². The molecule has 1 amide bonds. The van der Waals surface area contributed by atoms with Crippen molar-refractivity contribution >= 4 is 5.91 Å². The highest BCUT2D eigenvalue weighted by molar-refractivity contribution is 5.76. The zero-order valence-electron chi connectivity index (χ0n) is 26.6. The van der Waals surface area contributed by atoms with E-state index in [2.05, 4.69) is 26.0 Å². The first-order valence-electron chi connectivity index (χ1n) is 17.2. The lowest BCUT2D eigenvalue weighted by molar-refractivity contribution is -0.262. The van der Waals surface area contributed by atoms with Gasteiger partial charge in [-0.15, -0.1) is 0 Å². The van der Waals surface area contributed by atoms with Gasteiger partial charge in [-0.25, -0.2) is 0 Å². The molecule has 0 unspecified atom stereocenters. The Labute approximate surface area is 251 Å². The number of unbranched alkanes of at least 4 members (excludes halogenated alkanes) is 18. The summed E-state index contributed by atoms with van der Waals surface area (Å²) in [5.74, 6) is -0.102. The number of amides is 1. The molecule has 1 rings (SSSR count).